The highest BCUT2D eigenvalue weighted by Gasteiger charge is 2.25. The summed E-state index contributed by atoms with van der Waals surface area (Å²) in [6.45, 7) is 1.54. The van der Waals surface area contributed by atoms with Gasteiger partial charge in [0.15, 0.2) is 11.3 Å². The predicted octanol–water partition coefficient (Wildman–Crippen LogP) is 2.96. The van der Waals surface area contributed by atoms with Crippen LogP contribution in [0.25, 0.3) is 0 Å². The fourth-order valence-electron chi connectivity index (χ4n) is 2.05. The highest BCUT2D eigenvalue weighted by atomic mass is 35.5. The van der Waals surface area contributed by atoms with Crippen LogP contribution in [0.2, 0.25) is 5.15 Å². The van der Waals surface area contributed by atoms with Gasteiger partial charge in [0.2, 0.25) is 0 Å². The Morgan fingerprint density at radius 1 is 1.48 bits per heavy atom. The van der Waals surface area contributed by atoms with Crippen LogP contribution in [0.5, 0.6) is 0 Å². The van der Waals surface area contributed by atoms with Crippen molar-refractivity contribution in [2.24, 2.45) is 5.92 Å². The first-order valence-electron chi connectivity index (χ1n) is 6.85. The molecule has 0 unspecified atom stereocenters. The first-order chi connectivity index (χ1) is 10.1. The van der Waals surface area contributed by atoms with E-state index in [-0.39, 0.29) is 17.0 Å². The van der Waals surface area contributed by atoms with E-state index >= 15 is 0 Å². The maximum atomic E-state index is 12.0. The summed E-state index contributed by atoms with van der Waals surface area (Å²) in [5.74, 6) is -0.920. The molecule has 0 fully saturated rings. The van der Waals surface area contributed by atoms with Gasteiger partial charge in [-0.1, -0.05) is 23.8 Å². The number of pyridine rings is 1. The Kier molecular flexibility index (Phi) is 5.33. The molecule has 0 bridgehead atoms. The van der Waals surface area contributed by atoms with Gasteiger partial charge in [0.05, 0.1) is 11.6 Å². The summed E-state index contributed by atoms with van der Waals surface area (Å²) in [4.78, 5) is 27.8. The molecular formula is C15H17ClN2O3. The molecular weight excluding hydrogens is 292 g/mol. The van der Waals surface area contributed by atoms with Crippen LogP contribution in [-0.2, 0) is 14.3 Å². The van der Waals surface area contributed by atoms with Crippen molar-refractivity contribution < 1.29 is 14.3 Å². The van der Waals surface area contributed by atoms with Gasteiger partial charge >= 0.3 is 5.97 Å². The van der Waals surface area contributed by atoms with Crippen molar-refractivity contribution in [2.75, 3.05) is 5.32 Å². The first kappa shape index (κ1) is 15.5. The molecule has 21 heavy (non-hydrogen) atoms. The molecule has 112 valence electrons. The van der Waals surface area contributed by atoms with E-state index in [1.54, 1.807) is 12.1 Å². The lowest BCUT2D eigenvalue weighted by molar-refractivity contribution is -0.157. The zero-order valence-corrected chi connectivity index (χ0v) is 12.5. The number of halogens is 1. The number of nitrogens with one attached hydrogen (secondary N) is 1. The van der Waals surface area contributed by atoms with Gasteiger partial charge in [0.25, 0.3) is 5.91 Å². The van der Waals surface area contributed by atoms with Crippen molar-refractivity contribution in [3.05, 3.63) is 35.6 Å². The molecule has 5 nitrogen and oxygen atoms in total. The van der Waals surface area contributed by atoms with Crippen molar-refractivity contribution >= 4 is 29.2 Å². The number of carbonyl (C=O) groups is 2. The molecule has 1 N–H and O–H groups in total. The molecule has 6 heteroatoms. The zero-order valence-electron chi connectivity index (χ0n) is 11.7. The van der Waals surface area contributed by atoms with Gasteiger partial charge in [-0.3, -0.25) is 9.59 Å². The van der Waals surface area contributed by atoms with Crippen LogP contribution >= 0.6 is 11.6 Å². The number of aromatic nitrogens is 1. The van der Waals surface area contributed by atoms with E-state index in [0.717, 1.165) is 12.8 Å². The second-order valence-corrected chi connectivity index (χ2v) is 5.25. The first-order valence-corrected chi connectivity index (χ1v) is 7.22. The fraction of sp³-hybridized carbons (Fsp3) is 0.400. The third kappa shape index (κ3) is 4.29. The lowest BCUT2D eigenvalue weighted by Crippen LogP contribution is -2.32. The lowest BCUT2D eigenvalue weighted by atomic mass is 9.95. The highest BCUT2D eigenvalue weighted by molar-refractivity contribution is 6.32. The number of hydrogen-bond donors (Lipinski definition) is 1. The van der Waals surface area contributed by atoms with Crippen LogP contribution < -0.4 is 5.32 Å². The average molecular weight is 309 g/mol. The van der Waals surface area contributed by atoms with Gasteiger partial charge in [-0.2, -0.15) is 0 Å². The van der Waals surface area contributed by atoms with E-state index in [4.69, 9.17) is 16.3 Å². The van der Waals surface area contributed by atoms with Crippen molar-refractivity contribution in [3.63, 3.8) is 0 Å². The summed E-state index contributed by atoms with van der Waals surface area (Å²) in [6, 6.07) is 3.29. The average Bonchev–Trinajstić information content (AvgIpc) is 2.50. The van der Waals surface area contributed by atoms with Gasteiger partial charge in [-0.15, -0.1) is 0 Å². The molecule has 1 aromatic rings. The standard InChI is InChI=1S/C15H17ClN2O3/c1-10(21-15(20)11-6-3-2-4-7-11)14(19)18-12-8-5-9-17-13(12)16/h2-3,5,8-11H,4,6-7H2,1H3,(H,18,19)/t10-,11+/m1/s1. The summed E-state index contributed by atoms with van der Waals surface area (Å²) < 4.78 is 5.22. The molecule has 1 aromatic heterocycles. The van der Waals surface area contributed by atoms with Crippen molar-refractivity contribution in [1.82, 2.24) is 4.98 Å². The number of ether oxygens (including phenoxy) is 1. The van der Waals surface area contributed by atoms with E-state index in [2.05, 4.69) is 10.3 Å². The monoisotopic (exact) mass is 308 g/mol. The highest BCUT2D eigenvalue weighted by Crippen LogP contribution is 2.21. The smallest absolute Gasteiger partial charge is 0.310 e. The Morgan fingerprint density at radius 2 is 2.29 bits per heavy atom. The topological polar surface area (TPSA) is 68.3 Å². The number of allylic oxidation sites excluding steroid dienone is 2. The van der Waals surface area contributed by atoms with Gasteiger partial charge < -0.3 is 10.1 Å². The summed E-state index contributed by atoms with van der Waals surface area (Å²) in [6.07, 6.45) is 6.96. The van der Waals surface area contributed by atoms with Gasteiger partial charge in [0, 0.05) is 6.20 Å². The molecule has 2 atom stereocenters. The molecule has 0 saturated heterocycles. The number of nitrogens with zero attached hydrogens (tertiary/aromatic N) is 1. The van der Waals surface area contributed by atoms with Crippen molar-refractivity contribution in [3.8, 4) is 0 Å². The van der Waals surface area contributed by atoms with Crippen LogP contribution in [0.15, 0.2) is 30.5 Å². The van der Waals surface area contributed by atoms with E-state index in [9.17, 15) is 9.59 Å². The summed E-state index contributed by atoms with van der Waals surface area (Å²) >= 11 is 5.86. The van der Waals surface area contributed by atoms with Crippen molar-refractivity contribution in [2.45, 2.75) is 32.3 Å². The third-order valence-electron chi connectivity index (χ3n) is 3.28. The quantitative estimate of drug-likeness (QED) is 0.527. The molecule has 1 amide bonds. The molecule has 2 rings (SSSR count). The minimum Gasteiger partial charge on any atom is -0.452 e. The lowest BCUT2D eigenvalue weighted by Gasteiger charge is -2.19. The molecule has 1 heterocycles. The number of esters is 1. The molecule has 1 aliphatic rings. The van der Waals surface area contributed by atoms with Gasteiger partial charge in [0.1, 0.15) is 0 Å². The maximum absolute atomic E-state index is 12.0. The minimum atomic E-state index is -0.875. The van der Waals surface area contributed by atoms with Gasteiger partial charge in [-0.05, 0) is 38.3 Å². The SMILES string of the molecule is C[C@@H](OC(=O)[C@H]1CC=CCC1)C(=O)Nc1cccnc1Cl. The second-order valence-electron chi connectivity index (χ2n) is 4.89. The van der Waals surface area contributed by atoms with Crippen LogP contribution in [0.4, 0.5) is 5.69 Å². The Labute approximate surface area is 128 Å². The Morgan fingerprint density at radius 3 is 2.95 bits per heavy atom. The molecule has 0 aromatic carbocycles. The zero-order chi connectivity index (χ0) is 15.2. The number of amides is 1. The van der Waals surface area contributed by atoms with Crippen LogP contribution in [0.3, 0.4) is 0 Å². The summed E-state index contributed by atoms with van der Waals surface area (Å²) in [5.41, 5.74) is 0.396. The fourth-order valence-corrected chi connectivity index (χ4v) is 2.21. The second kappa shape index (κ2) is 7.22. The van der Waals surface area contributed by atoms with Crippen LogP contribution in [-0.4, -0.2) is 23.0 Å². The molecule has 0 saturated carbocycles. The molecule has 0 aliphatic heterocycles. The summed E-state index contributed by atoms with van der Waals surface area (Å²) in [7, 11) is 0. The van der Waals surface area contributed by atoms with E-state index in [1.165, 1.54) is 13.1 Å². The number of anilines is 1. The van der Waals surface area contributed by atoms with Gasteiger partial charge in [-0.25, -0.2) is 4.98 Å². The molecule has 0 radical (unpaired) electrons. The summed E-state index contributed by atoms with van der Waals surface area (Å²) in [5, 5.41) is 2.79. The molecule has 0 spiro atoms. The van der Waals surface area contributed by atoms with E-state index in [1.807, 2.05) is 12.2 Å². The Bertz CT molecular complexity index is 560. The minimum absolute atomic E-state index is 0.160. The Hall–Kier alpha value is -1.88. The van der Waals surface area contributed by atoms with Crippen molar-refractivity contribution in [1.29, 1.82) is 0 Å². The Balaban J connectivity index is 1.89. The number of carbonyl (C=O) groups excluding carboxylic acids is 2. The van der Waals surface area contributed by atoms with Crippen LogP contribution in [0.1, 0.15) is 26.2 Å². The largest absolute Gasteiger partial charge is 0.452 e. The maximum Gasteiger partial charge on any atom is 0.310 e. The van der Waals surface area contributed by atoms with E-state index < -0.39 is 12.0 Å². The number of rotatable bonds is 4. The predicted molar refractivity (Wildman–Crippen MR) is 79.9 cm³/mol. The van der Waals surface area contributed by atoms with Crippen LogP contribution in [0, 0.1) is 5.92 Å². The normalized spacial score (nSPS) is 18.9. The molecule has 1 aliphatic carbocycles. The third-order valence-corrected chi connectivity index (χ3v) is 3.58. The number of hydrogen-bond acceptors (Lipinski definition) is 4. The van der Waals surface area contributed by atoms with E-state index in [0.29, 0.717) is 12.1 Å².